The molecule has 9 nitrogen and oxygen atoms in total. The van der Waals surface area contributed by atoms with Crippen LogP contribution in [0, 0.1) is 5.92 Å². The van der Waals surface area contributed by atoms with E-state index in [2.05, 4.69) is 12.2 Å². The van der Waals surface area contributed by atoms with Crippen LogP contribution in [0.15, 0.2) is 0 Å². The van der Waals surface area contributed by atoms with Gasteiger partial charge in [0.2, 0.25) is 5.91 Å². The lowest BCUT2D eigenvalue weighted by atomic mass is 9.92. The molecule has 9 atom stereocenters. The summed E-state index contributed by atoms with van der Waals surface area (Å²) in [5, 5.41) is 24.0. The summed E-state index contributed by atoms with van der Waals surface area (Å²) in [6.07, 6.45) is -0.935. The van der Waals surface area contributed by atoms with Crippen molar-refractivity contribution in [1.29, 1.82) is 0 Å². The van der Waals surface area contributed by atoms with Crippen LogP contribution in [0.25, 0.3) is 0 Å². The second-order valence-electron chi connectivity index (χ2n) is 8.23. The highest BCUT2D eigenvalue weighted by molar-refractivity contribution is 7.99. The van der Waals surface area contributed by atoms with Crippen molar-refractivity contribution in [3.63, 3.8) is 0 Å². The number of carbonyl (C=O) groups is 2. The molecule has 1 amide bonds. The number of likely N-dealkylation sites (N-methyl/N-ethyl adjacent to an activating group) is 1. The van der Waals surface area contributed by atoms with Gasteiger partial charge in [-0.3, -0.25) is 9.69 Å². The van der Waals surface area contributed by atoms with Crippen LogP contribution in [0.1, 0.15) is 33.1 Å². The number of aliphatic hydroxyl groups excluding tert-OH is 2. The van der Waals surface area contributed by atoms with E-state index >= 15 is 0 Å². The van der Waals surface area contributed by atoms with Crippen molar-refractivity contribution < 1.29 is 34.0 Å². The monoisotopic (exact) mass is 432 g/mol. The van der Waals surface area contributed by atoms with E-state index in [0.29, 0.717) is 5.92 Å². The molecule has 0 saturated carbocycles. The van der Waals surface area contributed by atoms with E-state index in [1.807, 2.05) is 11.9 Å². The Morgan fingerprint density at radius 2 is 2.07 bits per heavy atom. The largest absolute Gasteiger partial charge is 0.509 e. The number of aliphatic hydroxyl groups is 2. The van der Waals surface area contributed by atoms with Gasteiger partial charge in [-0.05, 0) is 39.0 Å². The van der Waals surface area contributed by atoms with Crippen LogP contribution in [0.5, 0.6) is 0 Å². The molecule has 10 heteroatoms. The normalized spacial score (nSPS) is 39.4. The van der Waals surface area contributed by atoms with Crippen molar-refractivity contribution in [2.45, 2.75) is 81.1 Å². The minimum Gasteiger partial charge on any atom is -0.424 e. The van der Waals surface area contributed by atoms with Gasteiger partial charge in [0.15, 0.2) is 12.2 Å². The van der Waals surface area contributed by atoms with Gasteiger partial charge in [-0.1, -0.05) is 13.3 Å². The zero-order valence-corrected chi connectivity index (χ0v) is 18.1. The summed E-state index contributed by atoms with van der Waals surface area (Å²) in [4.78, 5) is 26.6. The first-order chi connectivity index (χ1) is 13.8. The molecule has 3 heterocycles. The van der Waals surface area contributed by atoms with Gasteiger partial charge in [-0.2, -0.15) is 0 Å². The highest BCUT2D eigenvalue weighted by Gasteiger charge is 2.56. The molecule has 0 aromatic carbocycles. The Balaban J connectivity index is 1.72. The number of carbonyl (C=O) groups excluding carboxylic acids is 2. The van der Waals surface area contributed by atoms with Crippen molar-refractivity contribution in [2.75, 3.05) is 19.8 Å². The fourth-order valence-electron chi connectivity index (χ4n) is 4.61. The maximum absolute atomic E-state index is 13.0. The molecule has 0 spiro atoms. The van der Waals surface area contributed by atoms with E-state index in [9.17, 15) is 19.8 Å². The molecule has 3 aliphatic heterocycles. The fraction of sp³-hybridized carbons (Fsp3) is 0.895. The third kappa shape index (κ3) is 4.66. The fourth-order valence-corrected chi connectivity index (χ4v) is 5.33. The van der Waals surface area contributed by atoms with Gasteiger partial charge in [0.25, 0.3) is 0 Å². The third-order valence-corrected chi connectivity index (χ3v) is 6.91. The highest BCUT2D eigenvalue weighted by Crippen LogP contribution is 2.36. The number of hydrogen-bond acceptors (Lipinski definition) is 9. The van der Waals surface area contributed by atoms with Crippen molar-refractivity contribution in [1.82, 2.24) is 10.2 Å². The van der Waals surface area contributed by atoms with Gasteiger partial charge >= 0.3 is 6.16 Å². The van der Waals surface area contributed by atoms with Crippen LogP contribution in [0.2, 0.25) is 0 Å². The standard InChI is InChI=1S/C19H32N2O7S/c1-5-6-10-7-11(21(3)8-10)17(24)20-12(9(2)22)14-13(23)15-16(18(26-14)29-4)28-19(25)27-15/h9-16,18,22-23H,5-8H2,1-4H3,(H,20,24). The molecule has 0 aliphatic carbocycles. The Kier molecular flexibility index (Phi) is 7.32. The van der Waals surface area contributed by atoms with Gasteiger partial charge in [0.05, 0.1) is 18.2 Å². The molecule has 3 saturated heterocycles. The maximum Gasteiger partial charge on any atom is 0.509 e. The Morgan fingerprint density at radius 1 is 1.38 bits per heavy atom. The Hall–Kier alpha value is -1.07. The Morgan fingerprint density at radius 3 is 2.69 bits per heavy atom. The molecular formula is C19H32N2O7S. The summed E-state index contributed by atoms with van der Waals surface area (Å²) in [6, 6.07) is -1.14. The summed E-state index contributed by atoms with van der Waals surface area (Å²) < 4.78 is 16.2. The zero-order valence-electron chi connectivity index (χ0n) is 17.3. The quantitative estimate of drug-likeness (QED) is 0.489. The van der Waals surface area contributed by atoms with Crippen LogP contribution >= 0.6 is 11.8 Å². The van der Waals surface area contributed by atoms with Gasteiger partial charge in [-0.25, -0.2) is 4.79 Å². The maximum atomic E-state index is 13.0. The molecule has 3 N–H and O–H groups in total. The number of hydrogen-bond donors (Lipinski definition) is 3. The van der Waals surface area contributed by atoms with E-state index in [1.165, 1.54) is 18.7 Å². The Labute approximate surface area is 175 Å². The molecule has 0 aromatic rings. The van der Waals surface area contributed by atoms with Crippen molar-refractivity contribution in [3.8, 4) is 0 Å². The van der Waals surface area contributed by atoms with Gasteiger partial charge < -0.3 is 29.7 Å². The topological polar surface area (TPSA) is 118 Å². The molecule has 29 heavy (non-hydrogen) atoms. The highest BCUT2D eigenvalue weighted by atomic mass is 32.2. The number of amides is 1. The number of thioether (sulfide) groups is 1. The van der Waals surface area contributed by atoms with Gasteiger partial charge in [0.1, 0.15) is 17.6 Å². The van der Waals surface area contributed by atoms with Crippen LogP contribution in [0.3, 0.4) is 0 Å². The van der Waals surface area contributed by atoms with Crippen molar-refractivity contribution in [2.24, 2.45) is 5.92 Å². The number of fused-ring (bicyclic) bond motifs is 1. The smallest absolute Gasteiger partial charge is 0.424 e. The SMILES string of the molecule is CCCC1CC(C(=O)NC(C(C)O)C2OC(SC)C3OC(=O)OC3C2O)N(C)C1. The predicted molar refractivity (Wildman–Crippen MR) is 106 cm³/mol. The van der Waals surface area contributed by atoms with Crippen LogP contribution in [-0.2, 0) is 19.0 Å². The molecule has 3 fully saturated rings. The molecular weight excluding hydrogens is 400 g/mol. The first-order valence-electron chi connectivity index (χ1n) is 10.2. The van der Waals surface area contributed by atoms with Crippen molar-refractivity contribution >= 4 is 23.8 Å². The summed E-state index contributed by atoms with van der Waals surface area (Å²) in [7, 11) is 1.92. The Bertz CT molecular complexity index is 607. The molecule has 3 rings (SSSR count). The number of ether oxygens (including phenoxy) is 3. The molecule has 9 unspecified atom stereocenters. The van der Waals surface area contributed by atoms with E-state index in [4.69, 9.17) is 14.2 Å². The summed E-state index contributed by atoms with van der Waals surface area (Å²) in [5.74, 6) is 0.272. The summed E-state index contributed by atoms with van der Waals surface area (Å²) in [5.41, 5.74) is -0.568. The average molecular weight is 433 g/mol. The first-order valence-corrected chi connectivity index (χ1v) is 11.5. The number of likely N-dealkylation sites (tertiary alicyclic amines) is 1. The van der Waals surface area contributed by atoms with E-state index < -0.39 is 48.2 Å². The van der Waals surface area contributed by atoms with Crippen LogP contribution in [-0.4, -0.2) is 95.1 Å². The lowest BCUT2D eigenvalue weighted by Gasteiger charge is -2.42. The van der Waals surface area contributed by atoms with Crippen molar-refractivity contribution in [3.05, 3.63) is 0 Å². The second-order valence-corrected chi connectivity index (χ2v) is 9.17. The minimum atomic E-state index is -1.23. The third-order valence-electron chi connectivity index (χ3n) is 6.07. The van der Waals surface area contributed by atoms with Crippen LogP contribution < -0.4 is 5.32 Å². The first kappa shape index (κ1) is 22.6. The van der Waals surface area contributed by atoms with Gasteiger partial charge in [0, 0.05) is 6.54 Å². The number of nitrogens with zero attached hydrogens (tertiary/aromatic N) is 1. The van der Waals surface area contributed by atoms with E-state index in [0.717, 1.165) is 25.8 Å². The van der Waals surface area contributed by atoms with E-state index in [-0.39, 0.29) is 11.9 Å². The second kappa shape index (κ2) is 9.38. The summed E-state index contributed by atoms with van der Waals surface area (Å²) in [6.45, 7) is 4.53. The number of nitrogens with one attached hydrogen (secondary N) is 1. The molecule has 3 aliphatic rings. The molecule has 0 radical (unpaired) electrons. The average Bonchev–Trinajstić information content (AvgIpc) is 3.23. The van der Waals surface area contributed by atoms with Gasteiger partial charge in [-0.15, -0.1) is 11.8 Å². The summed E-state index contributed by atoms with van der Waals surface area (Å²) >= 11 is 1.32. The lowest BCUT2D eigenvalue weighted by molar-refractivity contribution is -0.179. The van der Waals surface area contributed by atoms with E-state index in [1.54, 1.807) is 6.26 Å². The molecule has 166 valence electrons. The lowest BCUT2D eigenvalue weighted by Crippen LogP contribution is -2.65. The molecule has 0 aromatic heterocycles. The van der Waals surface area contributed by atoms with Crippen LogP contribution in [0.4, 0.5) is 4.79 Å². The molecule has 0 bridgehead atoms. The minimum absolute atomic E-state index is 0.199. The zero-order chi connectivity index (χ0) is 21.3. The number of rotatable bonds is 7. The predicted octanol–water partition coefficient (Wildman–Crippen LogP) is 0.325.